The third-order valence-corrected chi connectivity index (χ3v) is 2.63. The van der Waals surface area contributed by atoms with Crippen molar-refractivity contribution >= 4 is 11.8 Å². The lowest BCUT2D eigenvalue weighted by atomic mass is 10.1. The van der Waals surface area contributed by atoms with Crippen LogP contribution in [0.1, 0.15) is 26.2 Å². The van der Waals surface area contributed by atoms with Gasteiger partial charge in [-0.3, -0.25) is 9.59 Å². The number of hydrogen-bond acceptors (Lipinski definition) is 3. The Morgan fingerprint density at radius 2 is 2.07 bits per heavy atom. The van der Waals surface area contributed by atoms with E-state index in [0.717, 1.165) is 12.8 Å². The first-order chi connectivity index (χ1) is 6.50. The molecule has 0 aromatic carbocycles. The summed E-state index contributed by atoms with van der Waals surface area (Å²) in [7, 11) is 0. The molecule has 0 aromatic heterocycles. The number of hydrogen-bond donors (Lipinski definition) is 3. The summed E-state index contributed by atoms with van der Waals surface area (Å²) in [6.45, 7) is 1.58. The van der Waals surface area contributed by atoms with E-state index in [4.69, 9.17) is 11.5 Å². The molecule has 2 amide bonds. The van der Waals surface area contributed by atoms with Gasteiger partial charge in [-0.2, -0.15) is 0 Å². The van der Waals surface area contributed by atoms with Gasteiger partial charge in [0.05, 0.1) is 0 Å². The normalized spacial score (nSPS) is 28.4. The highest BCUT2D eigenvalue weighted by atomic mass is 16.2. The smallest absolute Gasteiger partial charge is 0.239 e. The molecule has 5 nitrogen and oxygen atoms in total. The molecule has 5 N–H and O–H groups in total. The summed E-state index contributed by atoms with van der Waals surface area (Å²) in [5, 5.41) is 2.57. The van der Waals surface area contributed by atoms with Crippen molar-refractivity contribution in [2.24, 2.45) is 17.4 Å². The highest BCUT2D eigenvalue weighted by Crippen LogP contribution is 2.24. The molecule has 80 valence electrons. The second kappa shape index (κ2) is 4.41. The standard InChI is InChI=1S/C9H17N3O2/c1-5(8(11)13)12-9(14)6-2-3-7(10)4-6/h5-7H,2-4,10H2,1H3,(H2,11,13)(H,12,14)/t5-,6?,7?/m0/s1. The molecular weight excluding hydrogens is 182 g/mol. The molecule has 1 saturated carbocycles. The molecule has 14 heavy (non-hydrogen) atoms. The monoisotopic (exact) mass is 199 g/mol. The molecule has 0 saturated heterocycles. The third kappa shape index (κ3) is 2.70. The lowest BCUT2D eigenvalue weighted by Gasteiger charge is -2.14. The van der Waals surface area contributed by atoms with Gasteiger partial charge in [0, 0.05) is 12.0 Å². The Labute approximate surface area is 83.2 Å². The van der Waals surface area contributed by atoms with Crippen LogP contribution in [0.5, 0.6) is 0 Å². The summed E-state index contributed by atoms with van der Waals surface area (Å²) < 4.78 is 0. The third-order valence-electron chi connectivity index (χ3n) is 2.63. The van der Waals surface area contributed by atoms with Crippen molar-refractivity contribution in [3.63, 3.8) is 0 Å². The maximum absolute atomic E-state index is 11.5. The molecule has 0 spiro atoms. The summed E-state index contributed by atoms with van der Waals surface area (Å²) >= 11 is 0. The molecule has 0 aliphatic heterocycles. The quantitative estimate of drug-likeness (QED) is 0.549. The molecule has 3 atom stereocenters. The molecule has 1 aliphatic carbocycles. The van der Waals surface area contributed by atoms with E-state index in [1.54, 1.807) is 6.92 Å². The zero-order chi connectivity index (χ0) is 10.7. The van der Waals surface area contributed by atoms with Crippen LogP contribution in [0.4, 0.5) is 0 Å². The summed E-state index contributed by atoms with van der Waals surface area (Å²) in [6, 6.07) is -0.478. The summed E-state index contributed by atoms with van der Waals surface area (Å²) in [5.41, 5.74) is 10.7. The fourth-order valence-corrected chi connectivity index (χ4v) is 1.66. The first-order valence-electron chi connectivity index (χ1n) is 4.86. The number of primary amides is 1. The first-order valence-corrected chi connectivity index (χ1v) is 4.86. The van der Waals surface area contributed by atoms with E-state index in [2.05, 4.69) is 5.32 Å². The Hall–Kier alpha value is -1.10. The van der Waals surface area contributed by atoms with Crippen LogP contribution in [0.3, 0.4) is 0 Å². The molecule has 0 aromatic rings. The van der Waals surface area contributed by atoms with Gasteiger partial charge in [-0.25, -0.2) is 0 Å². The largest absolute Gasteiger partial charge is 0.368 e. The van der Waals surface area contributed by atoms with Gasteiger partial charge in [0.15, 0.2) is 0 Å². The van der Waals surface area contributed by atoms with Crippen molar-refractivity contribution in [2.75, 3.05) is 0 Å². The maximum Gasteiger partial charge on any atom is 0.239 e. The second-order valence-corrected chi connectivity index (χ2v) is 3.90. The Morgan fingerprint density at radius 3 is 2.50 bits per heavy atom. The van der Waals surface area contributed by atoms with Gasteiger partial charge >= 0.3 is 0 Å². The number of nitrogens with two attached hydrogens (primary N) is 2. The molecule has 5 heteroatoms. The van der Waals surface area contributed by atoms with E-state index in [9.17, 15) is 9.59 Å². The molecule has 1 rings (SSSR count). The number of amides is 2. The Bertz CT molecular complexity index is 242. The van der Waals surface area contributed by atoms with Crippen molar-refractivity contribution < 1.29 is 9.59 Å². The van der Waals surface area contributed by atoms with Crippen LogP contribution in [0, 0.1) is 5.92 Å². The summed E-state index contributed by atoms with van der Waals surface area (Å²) in [4.78, 5) is 22.2. The predicted molar refractivity (Wildman–Crippen MR) is 52.1 cm³/mol. The minimum atomic E-state index is -0.598. The van der Waals surface area contributed by atoms with Crippen LogP contribution in [0.25, 0.3) is 0 Å². The zero-order valence-corrected chi connectivity index (χ0v) is 8.32. The average Bonchev–Trinajstić information content (AvgIpc) is 2.51. The van der Waals surface area contributed by atoms with E-state index in [0.29, 0.717) is 6.42 Å². The van der Waals surface area contributed by atoms with E-state index in [1.165, 1.54) is 0 Å². The van der Waals surface area contributed by atoms with Crippen LogP contribution in [-0.2, 0) is 9.59 Å². The molecule has 0 bridgehead atoms. The van der Waals surface area contributed by atoms with Gasteiger partial charge in [-0.15, -0.1) is 0 Å². The topological polar surface area (TPSA) is 98.2 Å². The minimum Gasteiger partial charge on any atom is -0.368 e. The Morgan fingerprint density at radius 1 is 1.43 bits per heavy atom. The van der Waals surface area contributed by atoms with Gasteiger partial charge in [0.1, 0.15) is 6.04 Å². The average molecular weight is 199 g/mol. The number of nitrogens with one attached hydrogen (secondary N) is 1. The van der Waals surface area contributed by atoms with Gasteiger partial charge in [0.25, 0.3) is 0 Å². The van der Waals surface area contributed by atoms with Crippen molar-refractivity contribution in [1.82, 2.24) is 5.32 Å². The van der Waals surface area contributed by atoms with Crippen molar-refractivity contribution in [3.05, 3.63) is 0 Å². The minimum absolute atomic E-state index is 0.0493. The molecule has 1 fully saturated rings. The summed E-state index contributed by atoms with van der Waals surface area (Å²) in [6.07, 6.45) is 2.39. The highest BCUT2D eigenvalue weighted by Gasteiger charge is 2.28. The van der Waals surface area contributed by atoms with Crippen LogP contribution in [-0.4, -0.2) is 23.9 Å². The number of carbonyl (C=O) groups excluding carboxylic acids is 2. The molecule has 0 radical (unpaired) electrons. The molecular formula is C9H17N3O2. The maximum atomic E-state index is 11.5. The van der Waals surface area contributed by atoms with Crippen molar-refractivity contribution in [3.8, 4) is 0 Å². The van der Waals surface area contributed by atoms with Crippen LogP contribution in [0.2, 0.25) is 0 Å². The fraction of sp³-hybridized carbons (Fsp3) is 0.778. The predicted octanol–water partition coefficient (Wildman–Crippen LogP) is -0.896. The first kappa shape index (κ1) is 11.0. The lowest BCUT2D eigenvalue weighted by molar-refractivity contribution is -0.129. The fourth-order valence-electron chi connectivity index (χ4n) is 1.66. The van der Waals surface area contributed by atoms with Crippen LogP contribution in [0.15, 0.2) is 0 Å². The van der Waals surface area contributed by atoms with E-state index in [1.807, 2.05) is 0 Å². The second-order valence-electron chi connectivity index (χ2n) is 3.90. The SMILES string of the molecule is C[C@H](NC(=O)C1CCC(N)C1)C(N)=O. The van der Waals surface area contributed by atoms with Gasteiger partial charge < -0.3 is 16.8 Å². The number of rotatable bonds is 3. The highest BCUT2D eigenvalue weighted by molar-refractivity contribution is 5.87. The van der Waals surface area contributed by atoms with Gasteiger partial charge in [-0.1, -0.05) is 0 Å². The van der Waals surface area contributed by atoms with Gasteiger partial charge in [0.2, 0.25) is 11.8 Å². The van der Waals surface area contributed by atoms with Crippen LogP contribution >= 0.6 is 0 Å². The number of carbonyl (C=O) groups is 2. The van der Waals surface area contributed by atoms with Gasteiger partial charge in [-0.05, 0) is 26.2 Å². The molecule has 0 heterocycles. The Balaban J connectivity index is 2.39. The zero-order valence-electron chi connectivity index (χ0n) is 8.32. The van der Waals surface area contributed by atoms with E-state index >= 15 is 0 Å². The molecule has 2 unspecified atom stereocenters. The van der Waals surface area contributed by atoms with E-state index in [-0.39, 0.29) is 17.9 Å². The van der Waals surface area contributed by atoms with Crippen molar-refractivity contribution in [2.45, 2.75) is 38.3 Å². The Kier molecular flexibility index (Phi) is 3.46. The van der Waals surface area contributed by atoms with Crippen LogP contribution < -0.4 is 16.8 Å². The van der Waals surface area contributed by atoms with Crippen molar-refractivity contribution in [1.29, 1.82) is 0 Å². The lowest BCUT2D eigenvalue weighted by Crippen LogP contribution is -2.44. The molecule has 1 aliphatic rings. The summed E-state index contributed by atoms with van der Waals surface area (Å²) in [5.74, 6) is -0.670. The van der Waals surface area contributed by atoms with E-state index < -0.39 is 11.9 Å².